The third-order valence-electron chi connectivity index (χ3n) is 4.63. The lowest BCUT2D eigenvalue weighted by Gasteiger charge is -2.18. The van der Waals surface area contributed by atoms with Gasteiger partial charge in [0.2, 0.25) is 0 Å². The van der Waals surface area contributed by atoms with Crippen LogP contribution in [0.5, 0.6) is 5.75 Å². The maximum atomic E-state index is 13.2. The summed E-state index contributed by atoms with van der Waals surface area (Å²) in [6, 6.07) is 13.1. The Kier molecular flexibility index (Phi) is 5.50. The summed E-state index contributed by atoms with van der Waals surface area (Å²) in [6.07, 6.45) is 1.59. The van der Waals surface area contributed by atoms with Crippen molar-refractivity contribution in [1.29, 1.82) is 0 Å². The lowest BCUT2D eigenvalue weighted by molar-refractivity contribution is -0.118. The Bertz CT molecular complexity index is 1050. The molecule has 0 aliphatic carbocycles. The number of carbonyl (C=O) groups excluding carboxylic acids is 2. The number of amides is 2. The van der Waals surface area contributed by atoms with Crippen LogP contribution in [0, 0.1) is 0 Å². The zero-order valence-electron chi connectivity index (χ0n) is 16.2. The number of rotatable bonds is 5. The number of carboxylic acids is 1. The van der Waals surface area contributed by atoms with E-state index in [1.807, 2.05) is 0 Å². The van der Waals surface area contributed by atoms with Gasteiger partial charge in [-0.3, -0.25) is 14.5 Å². The Morgan fingerprint density at radius 2 is 1.83 bits per heavy atom. The van der Waals surface area contributed by atoms with Crippen molar-refractivity contribution < 1.29 is 24.2 Å². The molecular weight excluding hydrogens is 372 g/mol. The highest BCUT2D eigenvalue weighted by Crippen LogP contribution is 2.36. The predicted molar refractivity (Wildman–Crippen MR) is 109 cm³/mol. The molecule has 0 unspecified atom stereocenters. The second-order valence-electron chi connectivity index (χ2n) is 6.37. The minimum atomic E-state index is -1.04. The van der Waals surface area contributed by atoms with Gasteiger partial charge in [-0.25, -0.2) is 4.79 Å². The number of carbonyl (C=O) groups is 3. The molecule has 7 heteroatoms. The molecule has 0 atom stereocenters. The van der Waals surface area contributed by atoms with Crippen LogP contribution in [-0.2, 0) is 9.59 Å². The summed E-state index contributed by atoms with van der Waals surface area (Å²) in [5.41, 5.74) is 2.32. The molecule has 2 aromatic carbocycles. The first-order chi connectivity index (χ1) is 13.9. The number of nitrogens with zero attached hydrogens (tertiary/aromatic N) is 1. The minimum Gasteiger partial charge on any atom is -0.497 e. The van der Waals surface area contributed by atoms with E-state index in [9.17, 15) is 14.4 Å². The second-order valence-corrected chi connectivity index (χ2v) is 6.37. The van der Waals surface area contributed by atoms with Gasteiger partial charge >= 0.3 is 5.97 Å². The van der Waals surface area contributed by atoms with Crippen molar-refractivity contribution in [2.75, 3.05) is 19.1 Å². The van der Waals surface area contributed by atoms with Gasteiger partial charge in [-0.05, 0) is 42.8 Å². The van der Waals surface area contributed by atoms with Crippen LogP contribution in [0.25, 0.3) is 6.08 Å². The highest BCUT2D eigenvalue weighted by Gasteiger charge is 2.37. The average molecular weight is 392 g/mol. The zero-order chi connectivity index (χ0) is 21.1. The molecule has 0 fully saturated rings. The van der Waals surface area contributed by atoms with Crippen molar-refractivity contribution in [2.24, 2.45) is 0 Å². The topological polar surface area (TPSA) is 95.9 Å². The van der Waals surface area contributed by atoms with Gasteiger partial charge in [0, 0.05) is 18.8 Å². The number of hydrogen-bond acceptors (Lipinski definition) is 4. The van der Waals surface area contributed by atoms with E-state index in [4.69, 9.17) is 9.84 Å². The molecule has 148 valence electrons. The number of methoxy groups -OCH3 is 1. The first-order valence-electron chi connectivity index (χ1n) is 8.84. The standard InChI is InChI=1S/C22H20N2O5/c1-13-19(20(25)23-2)18(11-14-7-9-15(10-8-14)22(27)28)21(26)24(13)16-5-4-6-17(12-16)29-3/h4-12H,1-3H3,(H,23,25)(H,27,28)/b18-11-. The molecule has 0 bridgehead atoms. The fraction of sp³-hybridized carbons (Fsp3) is 0.136. The second kappa shape index (κ2) is 8.02. The largest absolute Gasteiger partial charge is 0.497 e. The first kappa shape index (κ1) is 19.9. The van der Waals surface area contributed by atoms with E-state index in [1.54, 1.807) is 49.4 Å². The smallest absolute Gasteiger partial charge is 0.335 e. The Hall–Kier alpha value is -3.87. The Morgan fingerprint density at radius 3 is 2.41 bits per heavy atom. The summed E-state index contributed by atoms with van der Waals surface area (Å²) in [7, 11) is 3.04. The quantitative estimate of drug-likeness (QED) is 0.763. The first-order valence-corrected chi connectivity index (χ1v) is 8.84. The normalized spacial score (nSPS) is 15.1. The number of ether oxygens (including phenoxy) is 1. The highest BCUT2D eigenvalue weighted by atomic mass is 16.5. The van der Waals surface area contributed by atoms with E-state index >= 15 is 0 Å². The zero-order valence-corrected chi connectivity index (χ0v) is 16.2. The number of anilines is 1. The van der Waals surface area contributed by atoms with Crippen LogP contribution in [0.1, 0.15) is 22.8 Å². The van der Waals surface area contributed by atoms with Crippen molar-refractivity contribution in [3.8, 4) is 5.75 Å². The SMILES string of the molecule is CNC(=O)C1=C(C)N(c2cccc(OC)c2)C(=O)/C1=C\c1ccc(C(=O)O)cc1. The van der Waals surface area contributed by atoms with Gasteiger partial charge in [-0.1, -0.05) is 18.2 Å². The molecule has 0 radical (unpaired) electrons. The number of carboxylic acid groups (broad SMARTS) is 1. The minimum absolute atomic E-state index is 0.140. The maximum absolute atomic E-state index is 13.2. The van der Waals surface area contributed by atoms with Crippen molar-refractivity contribution in [3.05, 3.63) is 76.5 Å². The van der Waals surface area contributed by atoms with Gasteiger partial charge in [-0.2, -0.15) is 0 Å². The molecule has 1 aliphatic rings. The van der Waals surface area contributed by atoms with Gasteiger partial charge in [0.05, 0.1) is 29.5 Å². The molecule has 1 heterocycles. The van der Waals surface area contributed by atoms with Crippen LogP contribution in [-0.4, -0.2) is 37.0 Å². The molecule has 1 aliphatic heterocycles. The van der Waals surface area contributed by atoms with Crippen molar-refractivity contribution in [1.82, 2.24) is 5.32 Å². The third kappa shape index (κ3) is 3.75. The highest BCUT2D eigenvalue weighted by molar-refractivity contribution is 6.24. The molecular formula is C22H20N2O5. The Morgan fingerprint density at radius 1 is 1.14 bits per heavy atom. The van der Waals surface area contributed by atoms with Gasteiger partial charge in [0.15, 0.2) is 0 Å². The van der Waals surface area contributed by atoms with E-state index in [2.05, 4.69) is 5.32 Å². The van der Waals surface area contributed by atoms with E-state index in [-0.39, 0.29) is 28.5 Å². The molecule has 0 spiro atoms. The summed E-state index contributed by atoms with van der Waals surface area (Å²) in [4.78, 5) is 38.3. The number of aromatic carboxylic acids is 1. The molecule has 0 saturated carbocycles. The van der Waals surface area contributed by atoms with Crippen LogP contribution >= 0.6 is 0 Å². The van der Waals surface area contributed by atoms with Gasteiger partial charge in [0.1, 0.15) is 5.75 Å². The number of hydrogen-bond donors (Lipinski definition) is 2. The van der Waals surface area contributed by atoms with Crippen LogP contribution < -0.4 is 15.0 Å². The van der Waals surface area contributed by atoms with Crippen LogP contribution in [0.15, 0.2) is 65.4 Å². The average Bonchev–Trinajstić information content (AvgIpc) is 2.97. The summed E-state index contributed by atoms with van der Waals surface area (Å²) in [5.74, 6) is -1.18. The molecule has 0 aromatic heterocycles. The number of likely N-dealkylation sites (N-methyl/N-ethyl adjacent to an activating group) is 1. The summed E-state index contributed by atoms with van der Waals surface area (Å²) >= 11 is 0. The maximum Gasteiger partial charge on any atom is 0.335 e. The summed E-state index contributed by atoms with van der Waals surface area (Å²) in [5, 5.41) is 11.6. The number of benzene rings is 2. The third-order valence-corrected chi connectivity index (χ3v) is 4.63. The van der Waals surface area contributed by atoms with E-state index in [0.29, 0.717) is 22.7 Å². The van der Waals surface area contributed by atoms with Gasteiger partial charge < -0.3 is 15.2 Å². The van der Waals surface area contributed by atoms with Crippen molar-refractivity contribution in [2.45, 2.75) is 6.92 Å². The Labute approximate surface area is 167 Å². The molecule has 2 aromatic rings. The molecule has 7 nitrogen and oxygen atoms in total. The van der Waals surface area contributed by atoms with Crippen LogP contribution in [0.3, 0.4) is 0 Å². The fourth-order valence-electron chi connectivity index (χ4n) is 3.18. The molecule has 29 heavy (non-hydrogen) atoms. The molecule has 2 amide bonds. The summed E-state index contributed by atoms with van der Waals surface area (Å²) < 4.78 is 5.24. The van der Waals surface area contributed by atoms with Gasteiger partial charge in [0.25, 0.3) is 11.8 Å². The fourth-order valence-corrected chi connectivity index (χ4v) is 3.18. The number of allylic oxidation sites excluding steroid dienone is 1. The van der Waals surface area contributed by atoms with E-state index in [0.717, 1.165) is 0 Å². The van der Waals surface area contributed by atoms with Crippen LogP contribution in [0.4, 0.5) is 5.69 Å². The van der Waals surface area contributed by atoms with Crippen molar-refractivity contribution >= 4 is 29.5 Å². The summed E-state index contributed by atoms with van der Waals surface area (Å²) in [6.45, 7) is 1.70. The molecule has 0 saturated heterocycles. The van der Waals surface area contributed by atoms with Gasteiger partial charge in [-0.15, -0.1) is 0 Å². The Balaban J connectivity index is 2.09. The predicted octanol–water partition coefficient (Wildman–Crippen LogP) is 2.84. The van der Waals surface area contributed by atoms with E-state index in [1.165, 1.54) is 31.2 Å². The van der Waals surface area contributed by atoms with Crippen molar-refractivity contribution in [3.63, 3.8) is 0 Å². The molecule has 2 N–H and O–H groups in total. The number of nitrogens with one attached hydrogen (secondary N) is 1. The lowest BCUT2D eigenvalue weighted by atomic mass is 10.0. The van der Waals surface area contributed by atoms with E-state index < -0.39 is 5.97 Å². The lowest BCUT2D eigenvalue weighted by Crippen LogP contribution is -2.24. The monoisotopic (exact) mass is 392 g/mol. The van der Waals surface area contributed by atoms with Crippen LogP contribution in [0.2, 0.25) is 0 Å². The molecule has 3 rings (SSSR count).